The molecular weight excluding hydrogens is 496 g/mol. The van der Waals surface area contributed by atoms with Crippen molar-refractivity contribution in [3.05, 3.63) is 124 Å². The van der Waals surface area contributed by atoms with Crippen LogP contribution in [0.25, 0.3) is 0 Å². The van der Waals surface area contributed by atoms with Crippen molar-refractivity contribution in [3.8, 4) is 0 Å². The van der Waals surface area contributed by atoms with Gasteiger partial charge in [-0.2, -0.15) is 0 Å². The highest BCUT2D eigenvalue weighted by molar-refractivity contribution is 7.91. The Morgan fingerprint density at radius 3 is 2.34 bits per heavy atom. The molecule has 0 unspecified atom stereocenters. The number of amides is 2. The van der Waals surface area contributed by atoms with Crippen LogP contribution in [0, 0.1) is 13.8 Å². The van der Waals surface area contributed by atoms with Crippen molar-refractivity contribution < 1.29 is 18.0 Å². The van der Waals surface area contributed by atoms with Crippen molar-refractivity contribution >= 4 is 27.3 Å². The molecule has 38 heavy (non-hydrogen) atoms. The lowest BCUT2D eigenvalue weighted by Gasteiger charge is -2.25. The average molecular weight is 525 g/mol. The molecular formula is C31H28N2O4S. The molecule has 6 nitrogen and oxygen atoms in total. The number of nitrogens with one attached hydrogen (secondary N) is 1. The highest BCUT2D eigenvalue weighted by atomic mass is 32.2. The minimum atomic E-state index is -4.02. The van der Waals surface area contributed by atoms with E-state index in [9.17, 15) is 18.0 Å². The van der Waals surface area contributed by atoms with E-state index in [1.807, 2.05) is 69.3 Å². The Hall–Kier alpha value is -4.23. The number of carbonyl (C=O) groups is 2. The normalized spacial score (nSPS) is 14.7. The van der Waals surface area contributed by atoms with Crippen LogP contribution in [0.15, 0.2) is 101 Å². The van der Waals surface area contributed by atoms with Crippen molar-refractivity contribution in [1.82, 2.24) is 5.32 Å². The highest BCUT2D eigenvalue weighted by Crippen LogP contribution is 2.38. The van der Waals surface area contributed by atoms with E-state index in [-0.39, 0.29) is 45.1 Å². The summed E-state index contributed by atoms with van der Waals surface area (Å²) in [4.78, 5) is 28.6. The molecule has 7 heteroatoms. The van der Waals surface area contributed by atoms with Crippen LogP contribution in [0.1, 0.15) is 55.9 Å². The number of nitrogens with zero attached hydrogens (tertiary/aromatic N) is 1. The summed E-state index contributed by atoms with van der Waals surface area (Å²) in [6.07, 6.45) is 0. The number of hydrogen-bond donors (Lipinski definition) is 1. The molecule has 2 amide bonds. The van der Waals surface area contributed by atoms with Crippen molar-refractivity contribution in [3.63, 3.8) is 0 Å². The smallest absolute Gasteiger partial charge is 0.259 e. The Morgan fingerprint density at radius 2 is 1.58 bits per heavy atom. The first-order chi connectivity index (χ1) is 18.2. The minimum absolute atomic E-state index is 0.00577. The van der Waals surface area contributed by atoms with E-state index in [0.717, 1.165) is 22.3 Å². The molecule has 4 aromatic rings. The third-order valence-electron chi connectivity index (χ3n) is 6.93. The molecule has 0 fully saturated rings. The Labute approximate surface area is 222 Å². The molecule has 192 valence electrons. The Balaban J connectivity index is 1.62. The van der Waals surface area contributed by atoms with E-state index in [1.54, 1.807) is 12.1 Å². The minimum Gasteiger partial charge on any atom is -0.346 e. The van der Waals surface area contributed by atoms with Crippen LogP contribution in [0.5, 0.6) is 0 Å². The second-order valence-corrected chi connectivity index (χ2v) is 11.5. The van der Waals surface area contributed by atoms with Gasteiger partial charge in [-0.15, -0.1) is 0 Å². The number of carbonyl (C=O) groups excluding carboxylic acids is 2. The van der Waals surface area contributed by atoms with Crippen LogP contribution in [0.3, 0.4) is 0 Å². The van der Waals surface area contributed by atoms with Gasteiger partial charge < -0.3 is 10.2 Å². The van der Waals surface area contributed by atoms with E-state index in [1.165, 1.54) is 35.2 Å². The summed E-state index contributed by atoms with van der Waals surface area (Å²) in [6, 6.07) is 26.0. The van der Waals surface area contributed by atoms with Crippen molar-refractivity contribution in [2.75, 3.05) is 4.90 Å². The number of anilines is 1. The fourth-order valence-electron chi connectivity index (χ4n) is 4.75. The van der Waals surface area contributed by atoms with Crippen LogP contribution in [0.4, 0.5) is 5.69 Å². The van der Waals surface area contributed by atoms with Crippen LogP contribution in [-0.4, -0.2) is 20.2 Å². The lowest BCUT2D eigenvalue weighted by molar-refractivity contribution is 0.0937. The van der Waals surface area contributed by atoms with E-state index < -0.39 is 15.7 Å². The summed E-state index contributed by atoms with van der Waals surface area (Å²) < 4.78 is 27.5. The maximum atomic E-state index is 13.9. The summed E-state index contributed by atoms with van der Waals surface area (Å²) >= 11 is 0. The summed E-state index contributed by atoms with van der Waals surface area (Å²) in [7, 11) is -4.02. The van der Waals surface area contributed by atoms with Crippen molar-refractivity contribution in [1.29, 1.82) is 0 Å². The van der Waals surface area contributed by atoms with Gasteiger partial charge >= 0.3 is 0 Å². The van der Waals surface area contributed by atoms with Gasteiger partial charge in [0.2, 0.25) is 9.84 Å². The second-order valence-electron chi connectivity index (χ2n) is 9.61. The number of sulfone groups is 1. The first-order valence-corrected chi connectivity index (χ1v) is 13.9. The Morgan fingerprint density at radius 1 is 0.868 bits per heavy atom. The zero-order valence-electron chi connectivity index (χ0n) is 21.4. The fourth-order valence-corrected chi connectivity index (χ4v) is 6.38. The molecule has 0 saturated heterocycles. The topological polar surface area (TPSA) is 83.6 Å². The van der Waals surface area contributed by atoms with E-state index in [4.69, 9.17) is 0 Å². The van der Waals surface area contributed by atoms with Gasteiger partial charge in [-0.05, 0) is 67.8 Å². The first kappa shape index (κ1) is 25.4. The summed E-state index contributed by atoms with van der Waals surface area (Å²) in [5.74, 6) is -0.790. The number of aryl methyl sites for hydroxylation is 2. The third kappa shape index (κ3) is 4.61. The molecule has 1 aliphatic rings. The molecule has 0 bridgehead atoms. The zero-order chi connectivity index (χ0) is 27.0. The largest absolute Gasteiger partial charge is 0.346 e. The van der Waals surface area contributed by atoms with Gasteiger partial charge in [-0.3, -0.25) is 9.59 Å². The molecule has 1 atom stereocenters. The fraction of sp³-hybridized carbons (Fsp3) is 0.161. The van der Waals surface area contributed by atoms with Crippen molar-refractivity contribution in [2.24, 2.45) is 0 Å². The van der Waals surface area contributed by atoms with Gasteiger partial charge in [0, 0.05) is 5.56 Å². The Kier molecular flexibility index (Phi) is 6.63. The van der Waals surface area contributed by atoms with E-state index >= 15 is 0 Å². The van der Waals surface area contributed by atoms with Gasteiger partial charge in [-0.1, -0.05) is 66.2 Å². The second kappa shape index (κ2) is 9.91. The van der Waals surface area contributed by atoms with Gasteiger partial charge in [0.25, 0.3) is 11.8 Å². The molecule has 4 aromatic carbocycles. The predicted molar refractivity (Wildman–Crippen MR) is 147 cm³/mol. The molecule has 5 rings (SSSR count). The lowest BCUT2D eigenvalue weighted by Crippen LogP contribution is -2.31. The number of fused-ring (bicyclic) bond motifs is 2. The van der Waals surface area contributed by atoms with E-state index in [2.05, 4.69) is 5.32 Å². The van der Waals surface area contributed by atoms with E-state index in [0.29, 0.717) is 0 Å². The molecule has 0 spiro atoms. The maximum absolute atomic E-state index is 13.9. The molecule has 0 radical (unpaired) electrons. The molecule has 0 saturated carbocycles. The van der Waals surface area contributed by atoms with Crippen LogP contribution in [0.2, 0.25) is 0 Å². The molecule has 1 aliphatic heterocycles. The predicted octanol–water partition coefficient (Wildman–Crippen LogP) is 5.79. The zero-order valence-corrected chi connectivity index (χ0v) is 22.2. The summed E-state index contributed by atoms with van der Waals surface area (Å²) in [5, 5.41) is 2.97. The first-order valence-electron chi connectivity index (χ1n) is 12.4. The van der Waals surface area contributed by atoms with Crippen LogP contribution < -0.4 is 10.2 Å². The SMILES string of the molecule is Cc1ccc(C)c(CN2C(=O)c3ccccc3S(=O)(=O)c3ccc(C(=O)N[C@@H](C)c4ccccc4)cc32)c1. The summed E-state index contributed by atoms with van der Waals surface area (Å²) in [5.41, 5.74) is 4.42. The average Bonchev–Trinajstić information content (AvgIpc) is 2.99. The molecule has 0 aliphatic carbocycles. The van der Waals surface area contributed by atoms with Crippen LogP contribution in [-0.2, 0) is 16.4 Å². The van der Waals surface area contributed by atoms with Gasteiger partial charge in [0.15, 0.2) is 0 Å². The van der Waals surface area contributed by atoms with Crippen LogP contribution >= 0.6 is 0 Å². The third-order valence-corrected chi connectivity index (χ3v) is 8.79. The number of benzene rings is 4. The van der Waals surface area contributed by atoms with Gasteiger partial charge in [0.05, 0.1) is 33.6 Å². The molecule has 1 heterocycles. The van der Waals surface area contributed by atoms with Gasteiger partial charge in [-0.25, -0.2) is 8.42 Å². The molecule has 0 aromatic heterocycles. The number of rotatable bonds is 5. The standard InChI is InChI=1S/C31H28N2O4S/c1-20-13-14-21(2)25(17-20)19-33-27-18-24(30(34)32-22(3)23-9-5-4-6-10-23)15-16-29(27)38(36,37)28-12-8-7-11-26(28)31(33)35/h4-18,22H,19H2,1-3H3,(H,32,34)/t22-/m0/s1. The van der Waals surface area contributed by atoms with Crippen molar-refractivity contribution in [2.45, 2.75) is 43.1 Å². The quantitative estimate of drug-likeness (QED) is 0.358. The monoisotopic (exact) mass is 524 g/mol. The highest BCUT2D eigenvalue weighted by Gasteiger charge is 2.36. The maximum Gasteiger partial charge on any atom is 0.259 e. The summed E-state index contributed by atoms with van der Waals surface area (Å²) in [6.45, 7) is 5.97. The molecule has 1 N–H and O–H groups in total. The Bertz CT molecular complexity index is 1660. The lowest BCUT2D eigenvalue weighted by atomic mass is 10.0. The number of hydrogen-bond acceptors (Lipinski definition) is 4. The van der Waals surface area contributed by atoms with Gasteiger partial charge in [0.1, 0.15) is 0 Å².